The van der Waals surface area contributed by atoms with Crippen LogP contribution in [0.15, 0.2) is 18.2 Å². The summed E-state index contributed by atoms with van der Waals surface area (Å²) in [7, 11) is 1.27. The Morgan fingerprint density at radius 2 is 2.18 bits per heavy atom. The van der Waals surface area contributed by atoms with Gasteiger partial charge in [-0.05, 0) is 17.7 Å². The third kappa shape index (κ3) is 3.60. The van der Waals surface area contributed by atoms with Crippen LogP contribution < -0.4 is 20.7 Å². The minimum absolute atomic E-state index is 0.0784. The van der Waals surface area contributed by atoms with Crippen LogP contribution in [0.4, 0.5) is 18.0 Å². The van der Waals surface area contributed by atoms with Gasteiger partial charge in [0, 0.05) is 13.1 Å². The number of rotatable bonds is 4. The third-order valence-corrected chi connectivity index (χ3v) is 3.16. The average Bonchev–Trinajstić information content (AvgIpc) is 2.90. The molecule has 6 nitrogen and oxygen atoms in total. The standard InChI is InChI=1S/C13H14F3N3O3/c1-22-8-3-2-7(9(4-8)13(14,15)16)5-17-11(20)10-6-18-12(21)19-10/h2-4,10H,5-6H2,1H3,(H,17,20)(H2,18,19,21)/t10-/m0/s1. The van der Waals surface area contributed by atoms with Gasteiger partial charge in [0.1, 0.15) is 11.8 Å². The van der Waals surface area contributed by atoms with E-state index in [4.69, 9.17) is 4.74 Å². The lowest BCUT2D eigenvalue weighted by Gasteiger charge is -2.16. The molecule has 2 rings (SSSR count). The molecule has 0 saturated carbocycles. The van der Waals surface area contributed by atoms with Gasteiger partial charge >= 0.3 is 12.2 Å². The van der Waals surface area contributed by atoms with E-state index in [1.807, 2.05) is 0 Å². The highest BCUT2D eigenvalue weighted by atomic mass is 19.4. The number of carbonyl (C=O) groups excluding carboxylic acids is 2. The zero-order chi connectivity index (χ0) is 16.3. The van der Waals surface area contributed by atoms with Crippen LogP contribution in [0.3, 0.4) is 0 Å². The van der Waals surface area contributed by atoms with Crippen molar-refractivity contribution in [2.24, 2.45) is 0 Å². The fourth-order valence-electron chi connectivity index (χ4n) is 2.02. The molecule has 1 aromatic rings. The van der Waals surface area contributed by atoms with E-state index in [2.05, 4.69) is 16.0 Å². The summed E-state index contributed by atoms with van der Waals surface area (Å²) >= 11 is 0. The molecule has 9 heteroatoms. The monoisotopic (exact) mass is 317 g/mol. The van der Waals surface area contributed by atoms with Crippen molar-refractivity contribution in [2.45, 2.75) is 18.8 Å². The Morgan fingerprint density at radius 1 is 1.45 bits per heavy atom. The highest BCUT2D eigenvalue weighted by molar-refractivity contribution is 5.90. The van der Waals surface area contributed by atoms with E-state index in [1.165, 1.54) is 19.2 Å². The summed E-state index contributed by atoms with van der Waals surface area (Å²) < 4.78 is 43.8. The largest absolute Gasteiger partial charge is 0.497 e. The molecule has 1 heterocycles. The first kappa shape index (κ1) is 15.9. The molecule has 0 spiro atoms. The molecule has 120 valence electrons. The molecular formula is C13H14F3N3O3. The lowest BCUT2D eigenvalue weighted by Crippen LogP contribution is -2.42. The minimum atomic E-state index is -4.56. The average molecular weight is 317 g/mol. The second-order valence-corrected chi connectivity index (χ2v) is 4.65. The second kappa shape index (κ2) is 6.12. The summed E-state index contributed by atoms with van der Waals surface area (Å²) in [6, 6.07) is 2.23. The van der Waals surface area contributed by atoms with Gasteiger partial charge in [0.25, 0.3) is 0 Å². The molecule has 0 unspecified atom stereocenters. The molecule has 1 saturated heterocycles. The molecule has 1 aromatic carbocycles. The predicted octanol–water partition coefficient (Wildman–Crippen LogP) is 1.01. The Labute approximate surface area is 124 Å². The number of urea groups is 1. The van der Waals surface area contributed by atoms with Crippen molar-refractivity contribution >= 4 is 11.9 Å². The topological polar surface area (TPSA) is 79.5 Å². The fraction of sp³-hybridized carbons (Fsp3) is 0.385. The molecule has 0 radical (unpaired) electrons. The second-order valence-electron chi connectivity index (χ2n) is 4.65. The number of nitrogens with one attached hydrogen (secondary N) is 3. The summed E-state index contributed by atoms with van der Waals surface area (Å²) in [6.07, 6.45) is -4.56. The Kier molecular flexibility index (Phi) is 4.43. The van der Waals surface area contributed by atoms with Crippen LogP contribution in [-0.4, -0.2) is 31.6 Å². The number of hydrogen-bond donors (Lipinski definition) is 3. The van der Waals surface area contributed by atoms with Crippen LogP contribution in [0.1, 0.15) is 11.1 Å². The Hall–Kier alpha value is -2.45. The fourth-order valence-corrected chi connectivity index (χ4v) is 2.02. The van der Waals surface area contributed by atoms with Gasteiger partial charge in [0.05, 0.1) is 12.7 Å². The third-order valence-electron chi connectivity index (χ3n) is 3.16. The number of alkyl halides is 3. The molecule has 1 aliphatic heterocycles. The maximum absolute atomic E-state index is 13.0. The van der Waals surface area contributed by atoms with Crippen molar-refractivity contribution in [3.63, 3.8) is 0 Å². The van der Waals surface area contributed by atoms with E-state index in [0.717, 1.165) is 6.07 Å². The van der Waals surface area contributed by atoms with E-state index in [9.17, 15) is 22.8 Å². The first-order valence-corrected chi connectivity index (χ1v) is 6.37. The summed E-state index contributed by atoms with van der Waals surface area (Å²) in [5.74, 6) is -0.475. The first-order chi connectivity index (χ1) is 10.3. The van der Waals surface area contributed by atoms with E-state index < -0.39 is 29.7 Å². The summed E-state index contributed by atoms with van der Waals surface area (Å²) in [6.45, 7) is -0.205. The number of amides is 3. The normalized spacial score (nSPS) is 17.6. The number of benzene rings is 1. The molecule has 0 bridgehead atoms. The molecule has 22 heavy (non-hydrogen) atoms. The van der Waals surface area contributed by atoms with E-state index >= 15 is 0 Å². The van der Waals surface area contributed by atoms with Gasteiger partial charge in [-0.1, -0.05) is 6.07 Å². The van der Waals surface area contributed by atoms with Gasteiger partial charge in [0.15, 0.2) is 0 Å². The Morgan fingerprint density at radius 3 is 2.73 bits per heavy atom. The minimum Gasteiger partial charge on any atom is -0.497 e. The SMILES string of the molecule is COc1ccc(CNC(=O)[C@@H]2CNC(=O)N2)c(C(F)(F)F)c1. The smallest absolute Gasteiger partial charge is 0.416 e. The zero-order valence-corrected chi connectivity index (χ0v) is 11.6. The quantitative estimate of drug-likeness (QED) is 0.775. The maximum Gasteiger partial charge on any atom is 0.416 e. The number of carbonyl (C=O) groups is 2. The molecular weight excluding hydrogens is 303 g/mol. The van der Waals surface area contributed by atoms with Crippen LogP contribution in [0.5, 0.6) is 5.75 Å². The predicted molar refractivity (Wildman–Crippen MR) is 70.2 cm³/mol. The van der Waals surface area contributed by atoms with Crippen LogP contribution in [-0.2, 0) is 17.5 Å². The highest BCUT2D eigenvalue weighted by Gasteiger charge is 2.34. The van der Waals surface area contributed by atoms with Crippen molar-refractivity contribution in [2.75, 3.05) is 13.7 Å². The summed E-state index contributed by atoms with van der Waals surface area (Å²) in [5, 5.41) is 7.12. The van der Waals surface area contributed by atoms with Crippen molar-refractivity contribution in [1.29, 1.82) is 0 Å². The lowest BCUT2D eigenvalue weighted by molar-refractivity contribution is -0.138. The lowest BCUT2D eigenvalue weighted by atomic mass is 10.1. The van der Waals surface area contributed by atoms with Gasteiger partial charge in [-0.2, -0.15) is 13.2 Å². The molecule has 1 atom stereocenters. The molecule has 3 amide bonds. The van der Waals surface area contributed by atoms with E-state index in [1.54, 1.807) is 0 Å². The van der Waals surface area contributed by atoms with Crippen molar-refractivity contribution < 1.29 is 27.5 Å². The van der Waals surface area contributed by atoms with Crippen LogP contribution in [0, 0.1) is 0 Å². The van der Waals surface area contributed by atoms with E-state index in [-0.39, 0.29) is 24.4 Å². The van der Waals surface area contributed by atoms with Crippen LogP contribution in [0.25, 0.3) is 0 Å². The first-order valence-electron chi connectivity index (χ1n) is 6.37. The van der Waals surface area contributed by atoms with Gasteiger partial charge < -0.3 is 20.7 Å². The van der Waals surface area contributed by atoms with Gasteiger partial charge in [-0.15, -0.1) is 0 Å². The van der Waals surface area contributed by atoms with Crippen LogP contribution >= 0.6 is 0 Å². The molecule has 0 aliphatic carbocycles. The summed E-state index contributed by atoms with van der Waals surface area (Å²) in [4.78, 5) is 22.7. The summed E-state index contributed by atoms with van der Waals surface area (Å²) in [5.41, 5.74) is -0.959. The van der Waals surface area contributed by atoms with Crippen molar-refractivity contribution in [1.82, 2.24) is 16.0 Å². The zero-order valence-electron chi connectivity index (χ0n) is 11.6. The maximum atomic E-state index is 13.0. The van der Waals surface area contributed by atoms with Gasteiger partial charge in [-0.25, -0.2) is 4.79 Å². The molecule has 1 aliphatic rings. The van der Waals surface area contributed by atoms with E-state index in [0.29, 0.717) is 0 Å². The van der Waals surface area contributed by atoms with Crippen molar-refractivity contribution in [3.05, 3.63) is 29.3 Å². The Bertz CT molecular complexity index is 590. The molecule has 3 N–H and O–H groups in total. The van der Waals surface area contributed by atoms with Gasteiger partial charge in [0.2, 0.25) is 5.91 Å². The molecule has 0 aromatic heterocycles. The number of halogens is 3. The number of ether oxygens (including phenoxy) is 1. The van der Waals surface area contributed by atoms with Crippen LogP contribution in [0.2, 0.25) is 0 Å². The molecule has 1 fully saturated rings. The number of hydrogen-bond acceptors (Lipinski definition) is 3. The number of methoxy groups -OCH3 is 1. The highest BCUT2D eigenvalue weighted by Crippen LogP contribution is 2.34. The van der Waals surface area contributed by atoms with Gasteiger partial charge in [-0.3, -0.25) is 4.79 Å². The van der Waals surface area contributed by atoms with Crippen molar-refractivity contribution in [3.8, 4) is 5.75 Å². The Balaban J connectivity index is 2.09.